The lowest BCUT2D eigenvalue weighted by Crippen LogP contribution is -2.29. The fourth-order valence-electron chi connectivity index (χ4n) is 1.76. The summed E-state index contributed by atoms with van der Waals surface area (Å²) in [5.41, 5.74) is 1.18. The van der Waals surface area contributed by atoms with E-state index in [0.29, 0.717) is 13.2 Å². The first-order valence-electron chi connectivity index (χ1n) is 5.85. The lowest BCUT2D eigenvalue weighted by atomic mass is 10.2. The highest BCUT2D eigenvalue weighted by Crippen LogP contribution is 2.13. The van der Waals surface area contributed by atoms with Crippen molar-refractivity contribution in [1.82, 2.24) is 0 Å². The minimum Gasteiger partial charge on any atom is -0.374 e. The molecule has 2 rings (SSSR count). The molecule has 92 valence electrons. The van der Waals surface area contributed by atoms with Crippen LogP contribution in [0.15, 0.2) is 42.5 Å². The molecule has 0 fully saturated rings. The predicted molar refractivity (Wildman–Crippen MR) is 65.5 cm³/mol. The van der Waals surface area contributed by atoms with Crippen molar-refractivity contribution in [1.29, 1.82) is 0 Å². The third-order valence-electron chi connectivity index (χ3n) is 2.67. The van der Waals surface area contributed by atoms with Gasteiger partial charge in [0.15, 0.2) is 6.29 Å². The second-order valence-electron chi connectivity index (χ2n) is 4.03. The number of benzene rings is 1. The molecule has 0 spiro atoms. The molecule has 1 aromatic rings. The van der Waals surface area contributed by atoms with Crippen LogP contribution in [0.2, 0.25) is 0 Å². The van der Waals surface area contributed by atoms with Crippen LogP contribution in [0.3, 0.4) is 0 Å². The minimum atomic E-state index is -0.228. The molecule has 3 heteroatoms. The quantitative estimate of drug-likeness (QED) is 0.733. The molecule has 0 aromatic heterocycles. The average molecular weight is 234 g/mol. The Labute approximate surface area is 102 Å². The maximum Gasteiger partial charge on any atom is 0.176 e. The van der Waals surface area contributed by atoms with E-state index in [1.807, 2.05) is 24.3 Å². The molecule has 1 heterocycles. The molecular formula is C14H18O3. The maximum atomic E-state index is 5.64. The molecule has 0 saturated carbocycles. The third kappa shape index (κ3) is 3.97. The van der Waals surface area contributed by atoms with Crippen LogP contribution >= 0.6 is 0 Å². The molecule has 0 saturated heterocycles. The Morgan fingerprint density at radius 2 is 2.12 bits per heavy atom. The summed E-state index contributed by atoms with van der Waals surface area (Å²) in [4.78, 5) is 0. The van der Waals surface area contributed by atoms with Crippen molar-refractivity contribution in [3.05, 3.63) is 48.0 Å². The summed E-state index contributed by atoms with van der Waals surface area (Å²) in [6.45, 7) is 1.22. The zero-order chi connectivity index (χ0) is 11.9. The van der Waals surface area contributed by atoms with Gasteiger partial charge in [-0.1, -0.05) is 36.4 Å². The van der Waals surface area contributed by atoms with Gasteiger partial charge < -0.3 is 14.2 Å². The number of hydrogen-bond acceptors (Lipinski definition) is 3. The van der Waals surface area contributed by atoms with Crippen molar-refractivity contribution in [3.8, 4) is 0 Å². The van der Waals surface area contributed by atoms with Crippen molar-refractivity contribution in [2.45, 2.75) is 25.4 Å². The van der Waals surface area contributed by atoms with Crippen molar-refractivity contribution in [3.63, 3.8) is 0 Å². The topological polar surface area (TPSA) is 27.7 Å². The lowest BCUT2D eigenvalue weighted by molar-refractivity contribution is -0.149. The molecule has 0 aliphatic carbocycles. The molecule has 0 radical (unpaired) electrons. The highest BCUT2D eigenvalue weighted by Gasteiger charge is 2.17. The molecule has 0 unspecified atom stereocenters. The van der Waals surface area contributed by atoms with Crippen molar-refractivity contribution in [2.75, 3.05) is 13.7 Å². The average Bonchev–Trinajstić information content (AvgIpc) is 2.40. The van der Waals surface area contributed by atoms with E-state index in [1.54, 1.807) is 7.11 Å². The first-order chi connectivity index (χ1) is 8.38. The summed E-state index contributed by atoms with van der Waals surface area (Å²) in [6, 6.07) is 10.1. The summed E-state index contributed by atoms with van der Waals surface area (Å²) < 4.78 is 16.4. The van der Waals surface area contributed by atoms with E-state index < -0.39 is 0 Å². The molecule has 17 heavy (non-hydrogen) atoms. The van der Waals surface area contributed by atoms with Gasteiger partial charge in [0.05, 0.1) is 19.3 Å². The summed E-state index contributed by atoms with van der Waals surface area (Å²) in [7, 11) is 1.64. The van der Waals surface area contributed by atoms with E-state index in [-0.39, 0.29) is 12.4 Å². The van der Waals surface area contributed by atoms with Crippen molar-refractivity contribution in [2.24, 2.45) is 0 Å². The molecule has 1 aliphatic heterocycles. The monoisotopic (exact) mass is 234 g/mol. The normalized spacial score (nSPS) is 23.8. The van der Waals surface area contributed by atoms with Crippen LogP contribution in [0, 0.1) is 0 Å². The van der Waals surface area contributed by atoms with Gasteiger partial charge in [-0.15, -0.1) is 0 Å². The fourth-order valence-corrected chi connectivity index (χ4v) is 1.76. The molecule has 0 N–H and O–H groups in total. The smallest absolute Gasteiger partial charge is 0.176 e. The van der Waals surface area contributed by atoms with Gasteiger partial charge >= 0.3 is 0 Å². The van der Waals surface area contributed by atoms with Gasteiger partial charge in [0.2, 0.25) is 0 Å². The molecule has 1 aliphatic rings. The molecule has 0 bridgehead atoms. The van der Waals surface area contributed by atoms with E-state index in [2.05, 4.69) is 18.2 Å². The van der Waals surface area contributed by atoms with E-state index in [1.165, 1.54) is 5.56 Å². The summed E-state index contributed by atoms with van der Waals surface area (Å²) in [6.07, 6.45) is 4.75. The number of ether oxygens (including phenoxy) is 3. The van der Waals surface area contributed by atoms with E-state index >= 15 is 0 Å². The highest BCUT2D eigenvalue weighted by atomic mass is 16.7. The van der Waals surface area contributed by atoms with Gasteiger partial charge in [-0.3, -0.25) is 0 Å². The predicted octanol–water partition coefficient (Wildman–Crippen LogP) is 2.52. The second kappa shape index (κ2) is 6.55. The standard InChI is InChI=1S/C14H18O3/c1-15-14-9-5-8-13(17-14)11-16-10-12-6-3-2-4-7-12/h2-7,9,13-14H,8,10-11H2,1H3/t13-,14+/m1/s1. The van der Waals surface area contributed by atoms with Crippen LogP contribution in [0.1, 0.15) is 12.0 Å². The van der Waals surface area contributed by atoms with Gasteiger partial charge in [0.1, 0.15) is 0 Å². The number of rotatable bonds is 5. The largest absolute Gasteiger partial charge is 0.374 e. The fraction of sp³-hybridized carbons (Fsp3) is 0.429. The van der Waals surface area contributed by atoms with Crippen LogP contribution in [-0.4, -0.2) is 26.1 Å². The van der Waals surface area contributed by atoms with Crippen molar-refractivity contribution < 1.29 is 14.2 Å². The maximum absolute atomic E-state index is 5.64. The molecular weight excluding hydrogens is 216 g/mol. The van der Waals surface area contributed by atoms with Gasteiger partial charge in [-0.25, -0.2) is 0 Å². The first kappa shape index (κ1) is 12.3. The highest BCUT2D eigenvalue weighted by molar-refractivity contribution is 5.13. The number of methoxy groups -OCH3 is 1. The third-order valence-corrected chi connectivity index (χ3v) is 2.67. The summed E-state index contributed by atoms with van der Waals surface area (Å²) in [5.74, 6) is 0. The Bertz CT molecular complexity index is 348. The summed E-state index contributed by atoms with van der Waals surface area (Å²) in [5, 5.41) is 0. The van der Waals surface area contributed by atoms with Crippen LogP contribution in [0.25, 0.3) is 0 Å². The van der Waals surface area contributed by atoms with Crippen molar-refractivity contribution >= 4 is 0 Å². The second-order valence-corrected chi connectivity index (χ2v) is 4.03. The number of hydrogen-bond donors (Lipinski definition) is 0. The van der Waals surface area contributed by atoms with Crippen LogP contribution in [0.4, 0.5) is 0 Å². The SMILES string of the molecule is CO[C@@H]1C=CC[C@H](COCc2ccccc2)O1. The Kier molecular flexibility index (Phi) is 4.74. The van der Waals surface area contributed by atoms with Crippen LogP contribution in [0.5, 0.6) is 0 Å². The lowest BCUT2D eigenvalue weighted by Gasteiger charge is -2.24. The first-order valence-corrected chi connectivity index (χ1v) is 5.85. The van der Waals surface area contributed by atoms with Gasteiger partial charge in [-0.05, 0) is 18.1 Å². The van der Waals surface area contributed by atoms with E-state index in [9.17, 15) is 0 Å². The van der Waals surface area contributed by atoms with E-state index in [0.717, 1.165) is 6.42 Å². The van der Waals surface area contributed by atoms with Crippen LogP contribution in [-0.2, 0) is 20.8 Å². The summed E-state index contributed by atoms with van der Waals surface area (Å²) >= 11 is 0. The Balaban J connectivity index is 1.71. The van der Waals surface area contributed by atoms with Gasteiger partial charge in [-0.2, -0.15) is 0 Å². The zero-order valence-corrected chi connectivity index (χ0v) is 10.0. The molecule has 2 atom stereocenters. The Morgan fingerprint density at radius 3 is 2.88 bits per heavy atom. The van der Waals surface area contributed by atoms with E-state index in [4.69, 9.17) is 14.2 Å². The molecule has 0 amide bonds. The minimum absolute atomic E-state index is 0.0914. The zero-order valence-electron chi connectivity index (χ0n) is 10.0. The van der Waals surface area contributed by atoms with Gasteiger partial charge in [0.25, 0.3) is 0 Å². The Hall–Kier alpha value is -1.16. The van der Waals surface area contributed by atoms with Gasteiger partial charge in [0, 0.05) is 7.11 Å². The molecule has 1 aromatic carbocycles. The van der Waals surface area contributed by atoms with Crippen LogP contribution < -0.4 is 0 Å². The molecule has 3 nitrogen and oxygen atoms in total. The Morgan fingerprint density at radius 1 is 1.29 bits per heavy atom.